The zero-order valence-electron chi connectivity index (χ0n) is 11.8. The monoisotopic (exact) mass is 260 g/mol. The Morgan fingerprint density at radius 1 is 1.26 bits per heavy atom. The average molecular weight is 260 g/mol. The van der Waals surface area contributed by atoms with Gasteiger partial charge < -0.3 is 10.2 Å². The van der Waals surface area contributed by atoms with Crippen LogP contribution in [0.5, 0.6) is 0 Å². The first-order chi connectivity index (χ1) is 9.38. The second-order valence-electron chi connectivity index (χ2n) is 5.72. The topological polar surface area (TPSA) is 41.1 Å². The van der Waals surface area contributed by atoms with E-state index in [0.717, 1.165) is 30.8 Å². The lowest BCUT2D eigenvalue weighted by molar-refractivity contribution is 0.243. The number of anilines is 2. The van der Waals surface area contributed by atoms with E-state index in [1.165, 1.54) is 38.5 Å². The molecule has 1 saturated heterocycles. The maximum atomic E-state index is 4.68. The van der Waals surface area contributed by atoms with E-state index in [2.05, 4.69) is 33.2 Å². The van der Waals surface area contributed by atoms with Crippen molar-refractivity contribution in [2.45, 2.75) is 51.5 Å². The highest BCUT2D eigenvalue weighted by atomic mass is 15.3. The van der Waals surface area contributed by atoms with Crippen molar-refractivity contribution in [2.24, 2.45) is 5.92 Å². The van der Waals surface area contributed by atoms with Crippen LogP contribution in [0, 0.1) is 5.92 Å². The molecule has 4 nitrogen and oxygen atoms in total. The van der Waals surface area contributed by atoms with Gasteiger partial charge in [-0.1, -0.05) is 12.8 Å². The van der Waals surface area contributed by atoms with E-state index in [4.69, 9.17) is 0 Å². The van der Waals surface area contributed by atoms with Crippen molar-refractivity contribution < 1.29 is 0 Å². The molecule has 2 atom stereocenters. The quantitative estimate of drug-likeness (QED) is 0.907. The van der Waals surface area contributed by atoms with E-state index < -0.39 is 0 Å². The Bertz CT molecular complexity index is 418. The van der Waals surface area contributed by atoms with Gasteiger partial charge in [-0.05, 0) is 44.6 Å². The van der Waals surface area contributed by atoms with Crippen LogP contribution in [0.2, 0.25) is 0 Å². The molecule has 0 unspecified atom stereocenters. The standard InChI is InChI=1S/C15H24N4/c1-2-16-15-17-10-9-14(18-15)19-11-5-7-12-6-3-4-8-13(12)19/h9-10,12-13H,2-8,11H2,1H3,(H,16,17,18)/t12-,13-/m1/s1. The smallest absolute Gasteiger partial charge is 0.224 e. The van der Waals surface area contributed by atoms with Crippen LogP contribution in [-0.2, 0) is 0 Å². The fraction of sp³-hybridized carbons (Fsp3) is 0.733. The van der Waals surface area contributed by atoms with Crippen molar-refractivity contribution in [3.63, 3.8) is 0 Å². The second-order valence-corrected chi connectivity index (χ2v) is 5.72. The molecular formula is C15H24N4. The highest BCUT2D eigenvalue weighted by Crippen LogP contribution is 2.37. The first-order valence-corrected chi connectivity index (χ1v) is 7.72. The van der Waals surface area contributed by atoms with E-state index in [9.17, 15) is 0 Å². The number of nitrogens with zero attached hydrogens (tertiary/aromatic N) is 3. The van der Waals surface area contributed by atoms with Crippen molar-refractivity contribution >= 4 is 11.8 Å². The summed E-state index contributed by atoms with van der Waals surface area (Å²) in [6.07, 6.45) is 10.1. The van der Waals surface area contributed by atoms with Crippen LogP contribution >= 0.6 is 0 Å². The first kappa shape index (κ1) is 12.7. The summed E-state index contributed by atoms with van der Waals surface area (Å²) >= 11 is 0. The molecule has 2 fully saturated rings. The molecule has 2 aliphatic rings. The molecule has 0 radical (unpaired) electrons. The van der Waals surface area contributed by atoms with Crippen molar-refractivity contribution in [1.29, 1.82) is 0 Å². The largest absolute Gasteiger partial charge is 0.354 e. The van der Waals surface area contributed by atoms with Crippen LogP contribution in [-0.4, -0.2) is 29.1 Å². The molecule has 2 heterocycles. The average Bonchev–Trinajstić information content (AvgIpc) is 2.47. The molecule has 0 bridgehead atoms. The van der Waals surface area contributed by atoms with Crippen LogP contribution in [0.15, 0.2) is 12.3 Å². The third-order valence-corrected chi connectivity index (χ3v) is 4.51. The minimum Gasteiger partial charge on any atom is -0.354 e. The van der Waals surface area contributed by atoms with Gasteiger partial charge in [0.1, 0.15) is 5.82 Å². The number of hydrogen-bond acceptors (Lipinski definition) is 4. The van der Waals surface area contributed by atoms with Crippen LogP contribution in [0.3, 0.4) is 0 Å². The maximum Gasteiger partial charge on any atom is 0.224 e. The fourth-order valence-corrected chi connectivity index (χ4v) is 3.66. The lowest BCUT2D eigenvalue weighted by atomic mass is 9.78. The SMILES string of the molecule is CCNc1nccc(N2CCC[C@H]3CCCC[C@H]32)n1. The number of aromatic nitrogens is 2. The summed E-state index contributed by atoms with van der Waals surface area (Å²) in [5, 5.41) is 3.21. The van der Waals surface area contributed by atoms with Crippen molar-refractivity contribution in [2.75, 3.05) is 23.3 Å². The molecule has 19 heavy (non-hydrogen) atoms. The first-order valence-electron chi connectivity index (χ1n) is 7.72. The van der Waals surface area contributed by atoms with Gasteiger partial charge in [-0.2, -0.15) is 4.98 Å². The Morgan fingerprint density at radius 2 is 2.11 bits per heavy atom. The van der Waals surface area contributed by atoms with Gasteiger partial charge >= 0.3 is 0 Å². The summed E-state index contributed by atoms with van der Waals surface area (Å²) in [7, 11) is 0. The van der Waals surface area contributed by atoms with E-state index in [-0.39, 0.29) is 0 Å². The Kier molecular flexibility index (Phi) is 3.85. The van der Waals surface area contributed by atoms with Gasteiger partial charge in [0, 0.05) is 25.3 Å². The van der Waals surface area contributed by atoms with Crippen molar-refractivity contribution in [3.05, 3.63) is 12.3 Å². The Balaban J connectivity index is 1.81. The number of fused-ring (bicyclic) bond motifs is 1. The van der Waals surface area contributed by atoms with Crippen molar-refractivity contribution in [3.8, 4) is 0 Å². The lowest BCUT2D eigenvalue weighted by Gasteiger charge is -2.44. The summed E-state index contributed by atoms with van der Waals surface area (Å²) in [5.74, 6) is 2.76. The molecule has 3 rings (SSSR count). The summed E-state index contributed by atoms with van der Waals surface area (Å²) in [4.78, 5) is 11.5. The van der Waals surface area contributed by atoms with Gasteiger partial charge in [0.05, 0.1) is 0 Å². The predicted octanol–water partition coefficient (Wildman–Crippen LogP) is 3.07. The molecule has 1 aromatic rings. The normalized spacial score (nSPS) is 26.9. The van der Waals surface area contributed by atoms with Gasteiger partial charge in [0.25, 0.3) is 0 Å². The molecule has 0 spiro atoms. The molecule has 1 saturated carbocycles. The van der Waals surface area contributed by atoms with Crippen LogP contribution in [0.4, 0.5) is 11.8 Å². The molecule has 1 aromatic heterocycles. The zero-order valence-corrected chi connectivity index (χ0v) is 11.8. The lowest BCUT2D eigenvalue weighted by Crippen LogP contribution is -2.47. The van der Waals surface area contributed by atoms with Gasteiger partial charge in [-0.3, -0.25) is 0 Å². The molecular weight excluding hydrogens is 236 g/mol. The molecule has 0 aromatic carbocycles. The Morgan fingerprint density at radius 3 is 3.00 bits per heavy atom. The number of hydrogen-bond donors (Lipinski definition) is 1. The van der Waals surface area contributed by atoms with Gasteiger partial charge in [0.2, 0.25) is 5.95 Å². The summed E-state index contributed by atoms with van der Waals surface area (Å²) in [5.41, 5.74) is 0. The highest BCUT2D eigenvalue weighted by Gasteiger charge is 2.33. The fourth-order valence-electron chi connectivity index (χ4n) is 3.66. The van der Waals surface area contributed by atoms with Crippen LogP contribution in [0.25, 0.3) is 0 Å². The van der Waals surface area contributed by atoms with Gasteiger partial charge in [0.15, 0.2) is 0 Å². The van der Waals surface area contributed by atoms with E-state index in [1.807, 2.05) is 6.20 Å². The van der Waals surface area contributed by atoms with E-state index in [1.54, 1.807) is 0 Å². The van der Waals surface area contributed by atoms with Crippen LogP contribution < -0.4 is 10.2 Å². The minimum atomic E-state index is 0.715. The predicted molar refractivity (Wildman–Crippen MR) is 78.5 cm³/mol. The maximum absolute atomic E-state index is 4.68. The summed E-state index contributed by atoms with van der Waals surface area (Å²) < 4.78 is 0. The summed E-state index contributed by atoms with van der Waals surface area (Å²) in [6, 6.07) is 2.78. The minimum absolute atomic E-state index is 0.715. The van der Waals surface area contributed by atoms with Gasteiger partial charge in [-0.15, -0.1) is 0 Å². The third kappa shape index (κ3) is 2.67. The number of piperidine rings is 1. The Hall–Kier alpha value is -1.32. The second kappa shape index (κ2) is 5.76. The third-order valence-electron chi connectivity index (χ3n) is 4.51. The summed E-state index contributed by atoms with van der Waals surface area (Å²) in [6.45, 7) is 4.10. The highest BCUT2D eigenvalue weighted by molar-refractivity contribution is 5.44. The van der Waals surface area contributed by atoms with Crippen molar-refractivity contribution in [1.82, 2.24) is 9.97 Å². The van der Waals surface area contributed by atoms with E-state index >= 15 is 0 Å². The molecule has 1 N–H and O–H groups in total. The van der Waals surface area contributed by atoms with E-state index in [0.29, 0.717) is 6.04 Å². The molecule has 1 aliphatic heterocycles. The molecule has 104 valence electrons. The van der Waals surface area contributed by atoms with Crippen LogP contribution in [0.1, 0.15) is 45.4 Å². The van der Waals surface area contributed by atoms with Gasteiger partial charge in [-0.25, -0.2) is 4.98 Å². The number of rotatable bonds is 3. The number of nitrogens with one attached hydrogen (secondary N) is 1. The molecule has 1 aliphatic carbocycles. The zero-order chi connectivity index (χ0) is 13.1. The molecule has 0 amide bonds. The molecule has 4 heteroatoms. The Labute approximate surface area is 115 Å².